The lowest BCUT2D eigenvalue weighted by Gasteiger charge is -2.14. The number of ether oxygens (including phenoxy) is 2. The maximum absolute atomic E-state index is 11.8. The van der Waals surface area contributed by atoms with Gasteiger partial charge in [0, 0.05) is 18.9 Å². The van der Waals surface area contributed by atoms with Gasteiger partial charge in [0.05, 0.1) is 6.61 Å². The molecule has 0 radical (unpaired) electrons. The zero-order chi connectivity index (χ0) is 12.8. The van der Waals surface area contributed by atoms with Crippen LogP contribution in [0.2, 0.25) is 0 Å². The van der Waals surface area contributed by atoms with Crippen LogP contribution in [0.3, 0.4) is 0 Å². The Labute approximate surface area is 100.0 Å². The number of aromatic nitrogens is 1. The fourth-order valence-electron chi connectivity index (χ4n) is 1.39. The van der Waals surface area contributed by atoms with Crippen LogP contribution in [-0.2, 0) is 14.3 Å². The summed E-state index contributed by atoms with van der Waals surface area (Å²) >= 11 is 0. The normalized spacial score (nSPS) is 12.2. The Hall–Kier alpha value is -1.62. The van der Waals surface area contributed by atoms with E-state index >= 15 is 0 Å². The Balaban J connectivity index is 2.75. The minimum Gasteiger partial charge on any atom is -0.462 e. The van der Waals surface area contributed by atoms with Crippen molar-refractivity contribution in [3.63, 3.8) is 0 Å². The molecule has 94 valence electrons. The Morgan fingerprint density at radius 2 is 2.18 bits per heavy atom. The first kappa shape index (κ1) is 13.4. The number of hydrogen-bond donors (Lipinski definition) is 0. The van der Waals surface area contributed by atoms with Gasteiger partial charge in [0.1, 0.15) is 12.6 Å². The van der Waals surface area contributed by atoms with Gasteiger partial charge >= 0.3 is 5.97 Å². The molecule has 0 aromatic carbocycles. The van der Waals surface area contributed by atoms with E-state index in [4.69, 9.17) is 9.47 Å². The number of esters is 1. The first-order valence-electron chi connectivity index (χ1n) is 5.41. The second-order valence-corrected chi connectivity index (χ2v) is 3.74. The van der Waals surface area contributed by atoms with Crippen molar-refractivity contribution in [3.05, 3.63) is 34.2 Å². The summed E-state index contributed by atoms with van der Waals surface area (Å²) in [5.41, 5.74) is 0.424. The molecule has 0 saturated heterocycles. The molecule has 0 fully saturated rings. The van der Waals surface area contributed by atoms with Crippen LogP contribution in [0, 0.1) is 6.92 Å². The summed E-state index contributed by atoms with van der Waals surface area (Å²) in [5.74, 6) is -0.435. The summed E-state index contributed by atoms with van der Waals surface area (Å²) in [6.07, 6.45) is 1.58. The number of aryl methyl sites for hydroxylation is 1. The number of carbonyl (C=O) groups is 1. The lowest BCUT2D eigenvalue weighted by molar-refractivity contribution is -0.148. The molecule has 5 heteroatoms. The molecule has 0 aliphatic rings. The molecular weight excluding hydrogens is 222 g/mol. The zero-order valence-electron chi connectivity index (χ0n) is 10.3. The standard InChI is InChI=1S/C12H17NO4/c1-9-5-4-6-13(11(9)14)10(2)12(15)17-8-7-16-3/h4-6,10H,7-8H2,1-3H3. The van der Waals surface area contributed by atoms with Gasteiger partial charge in [-0.3, -0.25) is 4.79 Å². The Kier molecular flexibility index (Phi) is 4.90. The monoisotopic (exact) mass is 239 g/mol. The lowest BCUT2D eigenvalue weighted by atomic mass is 10.2. The van der Waals surface area contributed by atoms with Crippen molar-refractivity contribution in [1.29, 1.82) is 0 Å². The van der Waals surface area contributed by atoms with Crippen LogP contribution in [-0.4, -0.2) is 30.9 Å². The van der Waals surface area contributed by atoms with E-state index < -0.39 is 12.0 Å². The van der Waals surface area contributed by atoms with E-state index in [9.17, 15) is 9.59 Å². The maximum Gasteiger partial charge on any atom is 0.329 e. The summed E-state index contributed by atoms with van der Waals surface area (Å²) in [6.45, 7) is 3.89. The van der Waals surface area contributed by atoms with Gasteiger partial charge in [-0.2, -0.15) is 0 Å². The molecule has 0 spiro atoms. The van der Waals surface area contributed by atoms with Crippen LogP contribution in [0.4, 0.5) is 0 Å². The minimum absolute atomic E-state index is 0.177. The summed E-state index contributed by atoms with van der Waals surface area (Å²) in [6, 6.07) is 2.82. The van der Waals surface area contributed by atoms with E-state index in [1.54, 1.807) is 32.2 Å². The predicted octanol–water partition coefficient (Wildman–Crippen LogP) is 0.907. The number of rotatable bonds is 5. The van der Waals surface area contributed by atoms with Crippen molar-refractivity contribution < 1.29 is 14.3 Å². The average molecular weight is 239 g/mol. The largest absolute Gasteiger partial charge is 0.462 e. The van der Waals surface area contributed by atoms with Gasteiger partial charge in [-0.25, -0.2) is 4.79 Å². The molecule has 17 heavy (non-hydrogen) atoms. The average Bonchev–Trinajstić information content (AvgIpc) is 2.32. The molecule has 1 rings (SSSR count). The van der Waals surface area contributed by atoms with Gasteiger partial charge in [0.15, 0.2) is 0 Å². The molecule has 1 aromatic heterocycles. The van der Waals surface area contributed by atoms with E-state index in [2.05, 4.69) is 0 Å². The van der Waals surface area contributed by atoms with Crippen LogP contribution in [0.15, 0.2) is 23.1 Å². The van der Waals surface area contributed by atoms with Crippen molar-refractivity contribution in [2.75, 3.05) is 20.3 Å². The van der Waals surface area contributed by atoms with Crippen molar-refractivity contribution in [1.82, 2.24) is 4.57 Å². The van der Waals surface area contributed by atoms with Crippen molar-refractivity contribution in [2.45, 2.75) is 19.9 Å². The Morgan fingerprint density at radius 1 is 1.47 bits per heavy atom. The van der Waals surface area contributed by atoms with Gasteiger partial charge in [-0.15, -0.1) is 0 Å². The van der Waals surface area contributed by atoms with Crippen LogP contribution in [0.25, 0.3) is 0 Å². The van der Waals surface area contributed by atoms with Gasteiger partial charge < -0.3 is 14.0 Å². The molecule has 5 nitrogen and oxygen atoms in total. The predicted molar refractivity (Wildman–Crippen MR) is 63.0 cm³/mol. The third-order valence-electron chi connectivity index (χ3n) is 2.45. The molecule has 0 saturated carbocycles. The van der Waals surface area contributed by atoms with Crippen molar-refractivity contribution in [3.8, 4) is 0 Å². The number of carbonyl (C=O) groups excluding carboxylic acids is 1. The molecular formula is C12H17NO4. The van der Waals surface area contributed by atoms with E-state index in [0.717, 1.165) is 0 Å². The fourth-order valence-corrected chi connectivity index (χ4v) is 1.39. The smallest absolute Gasteiger partial charge is 0.329 e. The SMILES string of the molecule is COCCOC(=O)C(C)n1cccc(C)c1=O. The lowest BCUT2D eigenvalue weighted by Crippen LogP contribution is -2.30. The first-order valence-corrected chi connectivity index (χ1v) is 5.41. The highest BCUT2D eigenvalue weighted by Gasteiger charge is 2.17. The summed E-state index contributed by atoms with van der Waals surface area (Å²) in [7, 11) is 1.53. The van der Waals surface area contributed by atoms with E-state index in [0.29, 0.717) is 12.2 Å². The topological polar surface area (TPSA) is 57.5 Å². The van der Waals surface area contributed by atoms with E-state index in [1.165, 1.54) is 11.7 Å². The quantitative estimate of drug-likeness (QED) is 0.566. The highest BCUT2D eigenvalue weighted by Crippen LogP contribution is 2.05. The summed E-state index contributed by atoms with van der Waals surface area (Å²) < 4.78 is 11.1. The number of pyridine rings is 1. The Morgan fingerprint density at radius 3 is 2.82 bits per heavy atom. The molecule has 0 amide bonds. The highest BCUT2D eigenvalue weighted by molar-refractivity contribution is 5.73. The molecule has 0 bridgehead atoms. The zero-order valence-corrected chi connectivity index (χ0v) is 10.3. The maximum atomic E-state index is 11.8. The summed E-state index contributed by atoms with van der Waals surface area (Å²) in [4.78, 5) is 23.4. The molecule has 1 heterocycles. The van der Waals surface area contributed by atoms with E-state index in [-0.39, 0.29) is 12.2 Å². The molecule has 0 N–H and O–H groups in total. The van der Waals surface area contributed by atoms with Crippen molar-refractivity contribution >= 4 is 5.97 Å². The summed E-state index contributed by atoms with van der Waals surface area (Å²) in [5, 5.41) is 0. The van der Waals surface area contributed by atoms with Crippen molar-refractivity contribution in [2.24, 2.45) is 0 Å². The third kappa shape index (κ3) is 3.42. The fraction of sp³-hybridized carbons (Fsp3) is 0.500. The van der Waals surface area contributed by atoms with Gasteiger partial charge in [0.25, 0.3) is 5.56 Å². The number of hydrogen-bond acceptors (Lipinski definition) is 4. The van der Waals surface area contributed by atoms with Gasteiger partial charge in [-0.05, 0) is 19.9 Å². The van der Waals surface area contributed by atoms with Gasteiger partial charge in [0.2, 0.25) is 0 Å². The molecule has 0 aliphatic carbocycles. The Bertz CT molecular complexity index is 438. The molecule has 1 atom stereocenters. The molecule has 0 aliphatic heterocycles. The number of methoxy groups -OCH3 is 1. The van der Waals surface area contributed by atoms with Crippen LogP contribution >= 0.6 is 0 Å². The van der Waals surface area contributed by atoms with E-state index in [1.807, 2.05) is 0 Å². The van der Waals surface area contributed by atoms with Crippen LogP contribution in [0.5, 0.6) is 0 Å². The molecule has 1 unspecified atom stereocenters. The highest BCUT2D eigenvalue weighted by atomic mass is 16.6. The third-order valence-corrected chi connectivity index (χ3v) is 2.45. The van der Waals surface area contributed by atoms with Crippen LogP contribution in [0.1, 0.15) is 18.5 Å². The van der Waals surface area contributed by atoms with Gasteiger partial charge in [-0.1, -0.05) is 6.07 Å². The first-order chi connectivity index (χ1) is 8.07. The number of nitrogens with zero attached hydrogens (tertiary/aromatic N) is 1. The second-order valence-electron chi connectivity index (χ2n) is 3.74. The molecule has 1 aromatic rings. The second kappa shape index (κ2) is 6.20. The van der Waals surface area contributed by atoms with Crippen LogP contribution < -0.4 is 5.56 Å². The minimum atomic E-state index is -0.626.